The minimum absolute atomic E-state index is 0.0859. The quantitative estimate of drug-likeness (QED) is 0.0750. The minimum Gasteiger partial charge on any atom is -0.463 e. The van der Waals surface area contributed by atoms with Gasteiger partial charge in [0.25, 0.3) is 0 Å². The number of carbonyl (C=O) groups is 1. The fourth-order valence-corrected chi connectivity index (χ4v) is 9.69. The standard InChI is InChI=1S/C39H70O4/c1-2-3-4-5-6-7-8-9-10-11-12-16-19-22-37(41)43-30-32(29-40)42-27-20-17-14-13-15-18-21-31-23-24-35-36(28-31)39-34-26-25-33(34)38(35)39/h31-36,38-40H,2-30H2,1H3/t31?,32-,33?,34?,35?,36?,38?,39?/m0/s1. The van der Waals surface area contributed by atoms with Gasteiger partial charge in [0, 0.05) is 13.0 Å². The molecule has 0 heterocycles. The lowest BCUT2D eigenvalue weighted by atomic mass is 9.30. The molecule has 1 N–H and O–H groups in total. The van der Waals surface area contributed by atoms with Crippen molar-refractivity contribution in [3.8, 4) is 0 Å². The molecule has 0 aromatic carbocycles. The van der Waals surface area contributed by atoms with Crippen LogP contribution in [0.25, 0.3) is 0 Å². The first-order valence-electron chi connectivity index (χ1n) is 19.6. The molecule has 4 nitrogen and oxygen atoms in total. The summed E-state index contributed by atoms with van der Waals surface area (Å²) in [6.45, 7) is 3.02. The van der Waals surface area contributed by atoms with Crippen molar-refractivity contribution in [2.24, 2.45) is 41.4 Å². The number of unbranched alkanes of at least 4 members (excludes halogenated alkanes) is 17. The Hall–Kier alpha value is -0.610. The Kier molecular flexibility index (Phi) is 16.8. The van der Waals surface area contributed by atoms with Gasteiger partial charge >= 0.3 is 5.97 Å². The van der Waals surface area contributed by atoms with Crippen LogP contribution in [0, 0.1) is 41.4 Å². The summed E-state index contributed by atoms with van der Waals surface area (Å²) in [6, 6.07) is 0. The van der Waals surface area contributed by atoms with E-state index in [1.807, 2.05) is 0 Å². The molecule has 0 aliphatic heterocycles. The van der Waals surface area contributed by atoms with Gasteiger partial charge in [-0.15, -0.1) is 0 Å². The molecule has 250 valence electrons. The van der Waals surface area contributed by atoms with Gasteiger partial charge in [-0.2, -0.15) is 0 Å². The first kappa shape index (κ1) is 35.2. The topological polar surface area (TPSA) is 55.8 Å². The molecule has 0 bridgehead atoms. The highest BCUT2D eigenvalue weighted by Crippen LogP contribution is 2.74. The lowest BCUT2D eigenvalue weighted by Gasteiger charge is -2.74. The smallest absolute Gasteiger partial charge is 0.305 e. The zero-order valence-electron chi connectivity index (χ0n) is 28.3. The molecule has 0 amide bonds. The van der Waals surface area contributed by atoms with Gasteiger partial charge in [-0.05, 0) is 80.0 Å². The highest BCUT2D eigenvalue weighted by Gasteiger charge is 2.68. The molecular formula is C39H70O4. The lowest BCUT2D eigenvalue weighted by molar-refractivity contribution is -0.264. The van der Waals surface area contributed by atoms with Crippen molar-refractivity contribution in [1.29, 1.82) is 0 Å². The summed E-state index contributed by atoms with van der Waals surface area (Å²) < 4.78 is 11.2. The van der Waals surface area contributed by atoms with Crippen LogP contribution in [0.1, 0.15) is 174 Å². The minimum atomic E-state index is -0.383. The van der Waals surface area contributed by atoms with Crippen LogP contribution in [-0.2, 0) is 14.3 Å². The molecule has 0 radical (unpaired) electrons. The SMILES string of the molecule is CCCCCCCCCCCCCCCC(=O)OC[C@H](CO)OCCCCCCCCC1CCC2C(C1)C1C3CCC3C21. The number of aliphatic hydroxyl groups excluding tert-OH is 1. The maximum atomic E-state index is 12.1. The Morgan fingerprint density at radius 2 is 1.16 bits per heavy atom. The van der Waals surface area contributed by atoms with Crippen molar-refractivity contribution in [1.82, 2.24) is 0 Å². The Balaban J connectivity index is 0.862. The van der Waals surface area contributed by atoms with Crippen molar-refractivity contribution in [2.75, 3.05) is 19.8 Å². The van der Waals surface area contributed by atoms with E-state index in [-0.39, 0.29) is 25.3 Å². The third-order valence-corrected chi connectivity index (χ3v) is 12.3. The number of rotatable bonds is 27. The number of hydrogen-bond acceptors (Lipinski definition) is 4. The van der Waals surface area contributed by atoms with Crippen LogP contribution in [0.2, 0.25) is 0 Å². The average molecular weight is 603 g/mol. The van der Waals surface area contributed by atoms with E-state index in [1.54, 1.807) is 25.7 Å². The molecule has 0 spiro atoms. The Bertz CT molecular complexity index is 733. The van der Waals surface area contributed by atoms with E-state index in [0.717, 1.165) is 37.0 Å². The zero-order valence-corrected chi connectivity index (χ0v) is 28.3. The second-order valence-corrected chi connectivity index (χ2v) is 15.3. The van der Waals surface area contributed by atoms with Crippen LogP contribution < -0.4 is 0 Å². The van der Waals surface area contributed by atoms with Crippen LogP contribution in [0.4, 0.5) is 0 Å². The lowest BCUT2D eigenvalue weighted by Crippen LogP contribution is -2.69. The highest BCUT2D eigenvalue weighted by atomic mass is 16.6. The van der Waals surface area contributed by atoms with Crippen LogP contribution in [-0.4, -0.2) is 37.0 Å². The molecular weight excluding hydrogens is 532 g/mol. The number of ether oxygens (including phenoxy) is 2. The summed E-state index contributed by atoms with van der Waals surface area (Å²) in [5.74, 6) is 7.91. The summed E-state index contributed by atoms with van der Waals surface area (Å²) in [7, 11) is 0. The molecule has 4 rings (SSSR count). The largest absolute Gasteiger partial charge is 0.463 e. The molecule has 4 heteroatoms. The van der Waals surface area contributed by atoms with E-state index in [9.17, 15) is 9.90 Å². The molecule has 7 unspecified atom stereocenters. The zero-order chi connectivity index (χ0) is 30.1. The third-order valence-electron chi connectivity index (χ3n) is 12.3. The van der Waals surface area contributed by atoms with Gasteiger partial charge in [0.1, 0.15) is 12.7 Å². The summed E-state index contributed by atoms with van der Waals surface area (Å²) in [5.41, 5.74) is 0. The number of esters is 1. The third kappa shape index (κ3) is 11.3. The summed E-state index contributed by atoms with van der Waals surface area (Å²) in [5, 5.41) is 9.62. The van der Waals surface area contributed by atoms with Crippen molar-refractivity contribution >= 4 is 5.97 Å². The first-order chi connectivity index (χ1) is 21.2. The van der Waals surface area contributed by atoms with Crippen molar-refractivity contribution < 1.29 is 19.4 Å². The molecule has 4 fully saturated rings. The summed E-state index contributed by atoms with van der Waals surface area (Å²) >= 11 is 0. The van der Waals surface area contributed by atoms with Crippen molar-refractivity contribution in [3.05, 3.63) is 0 Å². The van der Waals surface area contributed by atoms with E-state index >= 15 is 0 Å². The second kappa shape index (κ2) is 20.5. The molecule has 0 saturated heterocycles. The van der Waals surface area contributed by atoms with Crippen LogP contribution in [0.15, 0.2) is 0 Å². The molecule has 4 saturated carbocycles. The van der Waals surface area contributed by atoms with Gasteiger partial charge < -0.3 is 14.6 Å². The van der Waals surface area contributed by atoms with Crippen LogP contribution in [0.5, 0.6) is 0 Å². The van der Waals surface area contributed by atoms with Gasteiger partial charge in [0.05, 0.1) is 6.61 Å². The fraction of sp³-hybridized carbons (Fsp3) is 0.974. The average Bonchev–Trinajstić information content (AvgIpc) is 3.00. The van der Waals surface area contributed by atoms with E-state index in [1.165, 1.54) is 139 Å². The Morgan fingerprint density at radius 1 is 0.651 bits per heavy atom. The van der Waals surface area contributed by atoms with E-state index in [4.69, 9.17) is 9.47 Å². The fourth-order valence-electron chi connectivity index (χ4n) is 9.69. The van der Waals surface area contributed by atoms with E-state index in [2.05, 4.69) is 6.92 Å². The number of carbonyl (C=O) groups excluding carboxylic acids is 1. The van der Waals surface area contributed by atoms with Crippen LogP contribution >= 0.6 is 0 Å². The molecule has 0 aromatic heterocycles. The summed E-state index contributed by atoms with van der Waals surface area (Å²) in [6.07, 6.45) is 34.0. The molecule has 4 aliphatic rings. The number of hydrogen-bond donors (Lipinski definition) is 1. The van der Waals surface area contributed by atoms with Gasteiger partial charge in [-0.3, -0.25) is 4.79 Å². The molecule has 4 aliphatic carbocycles. The van der Waals surface area contributed by atoms with E-state index < -0.39 is 0 Å². The van der Waals surface area contributed by atoms with Crippen molar-refractivity contribution in [2.45, 2.75) is 180 Å². The van der Waals surface area contributed by atoms with Gasteiger partial charge in [-0.25, -0.2) is 0 Å². The maximum Gasteiger partial charge on any atom is 0.305 e. The van der Waals surface area contributed by atoms with Crippen molar-refractivity contribution in [3.63, 3.8) is 0 Å². The molecule has 43 heavy (non-hydrogen) atoms. The number of aliphatic hydroxyl groups is 1. The monoisotopic (exact) mass is 603 g/mol. The maximum absolute atomic E-state index is 12.1. The molecule has 8 atom stereocenters. The first-order valence-corrected chi connectivity index (χ1v) is 19.6. The highest BCUT2D eigenvalue weighted by molar-refractivity contribution is 5.69. The Morgan fingerprint density at radius 3 is 1.77 bits per heavy atom. The Labute approximate surface area is 266 Å². The van der Waals surface area contributed by atoms with E-state index in [0.29, 0.717) is 13.0 Å². The predicted octanol–water partition coefficient (Wildman–Crippen LogP) is 10.4. The van der Waals surface area contributed by atoms with Gasteiger partial charge in [-0.1, -0.05) is 129 Å². The van der Waals surface area contributed by atoms with Gasteiger partial charge in [0.2, 0.25) is 0 Å². The number of fused-ring (bicyclic) bond motifs is 7. The molecule has 0 aromatic rings. The summed E-state index contributed by atoms with van der Waals surface area (Å²) in [4.78, 5) is 12.1. The van der Waals surface area contributed by atoms with Crippen LogP contribution in [0.3, 0.4) is 0 Å². The second-order valence-electron chi connectivity index (χ2n) is 15.3. The normalized spacial score (nSPS) is 29.4. The predicted molar refractivity (Wildman–Crippen MR) is 178 cm³/mol. The van der Waals surface area contributed by atoms with Gasteiger partial charge in [0.15, 0.2) is 0 Å².